The second-order valence-electron chi connectivity index (χ2n) is 8.45. The van der Waals surface area contributed by atoms with E-state index in [9.17, 15) is 0 Å². The minimum Gasteiger partial charge on any atom is -0.461 e. The Morgan fingerprint density at radius 1 is 0.656 bits per heavy atom. The van der Waals surface area contributed by atoms with Gasteiger partial charge < -0.3 is 19.5 Å². The summed E-state index contributed by atoms with van der Waals surface area (Å²) in [5, 5.41) is 8.94. The van der Waals surface area contributed by atoms with Crippen LogP contribution in [0.1, 0.15) is 35.5 Å². The van der Waals surface area contributed by atoms with Gasteiger partial charge in [0.2, 0.25) is 0 Å². The van der Waals surface area contributed by atoms with Crippen LogP contribution in [0, 0.1) is 0 Å². The van der Waals surface area contributed by atoms with Crippen molar-refractivity contribution in [1.29, 1.82) is 0 Å². The van der Waals surface area contributed by atoms with Crippen molar-refractivity contribution in [2.45, 2.75) is 25.7 Å². The zero-order chi connectivity index (χ0) is 21.3. The maximum Gasteiger partial charge on any atom is 0.135 e. The van der Waals surface area contributed by atoms with Gasteiger partial charge in [-0.05, 0) is 37.1 Å². The van der Waals surface area contributed by atoms with Crippen LogP contribution in [0.4, 0.5) is 0 Å². The van der Waals surface area contributed by atoms with Crippen molar-refractivity contribution in [3.05, 3.63) is 71.2 Å². The third-order valence-corrected chi connectivity index (χ3v) is 6.13. The van der Waals surface area contributed by atoms with Crippen LogP contribution in [-0.2, 0) is 12.8 Å². The van der Waals surface area contributed by atoms with Gasteiger partial charge >= 0.3 is 0 Å². The van der Waals surface area contributed by atoms with E-state index >= 15 is 0 Å². The lowest BCUT2D eigenvalue weighted by Crippen LogP contribution is -2.19. The quantitative estimate of drug-likeness (QED) is 0.428. The van der Waals surface area contributed by atoms with Crippen molar-refractivity contribution < 1.29 is 8.83 Å². The summed E-state index contributed by atoms with van der Waals surface area (Å²) >= 11 is 0. The number of nitrogens with zero attached hydrogens (tertiary/aromatic N) is 2. The minimum absolute atomic E-state index is 0.843. The molecule has 0 saturated heterocycles. The lowest BCUT2D eigenvalue weighted by atomic mass is 10.1. The van der Waals surface area contributed by atoms with Gasteiger partial charge in [-0.15, -0.1) is 0 Å². The Morgan fingerprint density at radius 3 is 1.59 bits per heavy atom. The summed E-state index contributed by atoms with van der Waals surface area (Å²) < 4.78 is 12.2. The molecule has 2 aliphatic rings. The van der Waals surface area contributed by atoms with Gasteiger partial charge in [-0.1, -0.05) is 24.3 Å². The fraction of sp³-hybridized carbons (Fsp3) is 0.308. The monoisotopic (exact) mass is 426 g/mol. The number of nitrogens with one attached hydrogen (secondary N) is 2. The molecule has 4 aromatic rings. The Kier molecular flexibility index (Phi) is 4.90. The average Bonchev–Trinajstić information content (AvgIpc) is 3.61. The van der Waals surface area contributed by atoms with E-state index in [0.717, 1.165) is 108 Å². The standard InChI is InChI=1S/C26H26N4O2/c1(3-21-13-17-5-7-19(15-23(17)31-21)25-27-9-10-28-25)2-4-22-14-18-6-8-20(16-24(18)32-22)26-29-11-12-30-26/h5-8,13-16H,1-4,9-12H2,(H,27,28)(H,29,30). The highest BCUT2D eigenvalue weighted by molar-refractivity contribution is 6.02. The summed E-state index contributed by atoms with van der Waals surface area (Å²) in [4.78, 5) is 8.99. The van der Waals surface area contributed by atoms with Crippen molar-refractivity contribution in [1.82, 2.24) is 10.6 Å². The Bertz CT molecular complexity index is 1240. The van der Waals surface area contributed by atoms with Crippen LogP contribution in [0.5, 0.6) is 0 Å². The Morgan fingerprint density at radius 2 is 1.16 bits per heavy atom. The van der Waals surface area contributed by atoms with Crippen molar-refractivity contribution in [2.24, 2.45) is 9.98 Å². The van der Waals surface area contributed by atoms with E-state index < -0.39 is 0 Å². The molecule has 2 aromatic heterocycles. The van der Waals surface area contributed by atoms with Crippen LogP contribution in [0.3, 0.4) is 0 Å². The lowest BCUT2D eigenvalue weighted by Gasteiger charge is -2.01. The second-order valence-corrected chi connectivity index (χ2v) is 8.45. The molecule has 0 atom stereocenters. The number of fused-ring (bicyclic) bond motifs is 2. The number of unbranched alkanes of at least 4 members (excludes halogenated alkanes) is 1. The first kappa shape index (κ1) is 19.2. The summed E-state index contributed by atoms with van der Waals surface area (Å²) in [5.41, 5.74) is 4.06. The first-order chi connectivity index (χ1) is 15.8. The highest BCUT2D eigenvalue weighted by Gasteiger charge is 2.12. The van der Waals surface area contributed by atoms with E-state index in [4.69, 9.17) is 8.83 Å². The Balaban J connectivity index is 1.07. The molecule has 0 bridgehead atoms. The molecule has 0 aliphatic carbocycles. The number of benzene rings is 2. The van der Waals surface area contributed by atoms with E-state index in [1.54, 1.807) is 0 Å². The maximum atomic E-state index is 6.11. The van der Waals surface area contributed by atoms with Gasteiger partial charge in [-0.3, -0.25) is 9.98 Å². The minimum atomic E-state index is 0.843. The van der Waals surface area contributed by atoms with E-state index in [-0.39, 0.29) is 0 Å². The lowest BCUT2D eigenvalue weighted by molar-refractivity contribution is 0.509. The molecule has 6 nitrogen and oxygen atoms in total. The highest BCUT2D eigenvalue weighted by atomic mass is 16.3. The summed E-state index contributed by atoms with van der Waals surface area (Å²) in [5.74, 6) is 4.01. The number of furan rings is 2. The first-order valence-corrected chi connectivity index (χ1v) is 11.4. The van der Waals surface area contributed by atoms with E-state index in [0.29, 0.717) is 0 Å². The summed E-state index contributed by atoms with van der Waals surface area (Å²) in [7, 11) is 0. The molecule has 2 aromatic carbocycles. The molecule has 0 fully saturated rings. The zero-order valence-electron chi connectivity index (χ0n) is 18.0. The topological polar surface area (TPSA) is 75.1 Å². The van der Waals surface area contributed by atoms with Gasteiger partial charge in [0.25, 0.3) is 0 Å². The molecule has 6 heteroatoms. The Hall–Kier alpha value is -3.54. The molecule has 0 saturated carbocycles. The maximum absolute atomic E-state index is 6.11. The number of rotatable bonds is 7. The number of amidine groups is 2. The SMILES string of the molecule is c1cc2cc(CCCCc3cc4ccc(C5=NCCN5)cc4o3)oc2cc1C1=NCCN1. The molecule has 162 valence electrons. The van der Waals surface area contributed by atoms with Crippen LogP contribution < -0.4 is 10.6 Å². The molecular formula is C26H26N4O2. The predicted octanol–water partition coefficient (Wildman–Crippen LogP) is 4.44. The van der Waals surface area contributed by atoms with E-state index in [1.165, 1.54) is 0 Å². The van der Waals surface area contributed by atoms with E-state index in [2.05, 4.69) is 69.1 Å². The average molecular weight is 427 g/mol. The van der Waals surface area contributed by atoms with Crippen molar-refractivity contribution >= 4 is 33.6 Å². The summed E-state index contributed by atoms with van der Waals surface area (Å²) in [6, 6.07) is 17.0. The van der Waals surface area contributed by atoms with Crippen molar-refractivity contribution in [3.63, 3.8) is 0 Å². The van der Waals surface area contributed by atoms with Crippen molar-refractivity contribution in [2.75, 3.05) is 26.2 Å². The Labute approximate surface area is 186 Å². The summed E-state index contributed by atoms with van der Waals surface area (Å²) in [6.45, 7) is 3.51. The van der Waals surface area contributed by atoms with Gasteiger partial charge in [-0.25, -0.2) is 0 Å². The third kappa shape index (κ3) is 3.77. The molecule has 0 radical (unpaired) electrons. The molecule has 32 heavy (non-hydrogen) atoms. The smallest absolute Gasteiger partial charge is 0.135 e. The number of aryl methyl sites for hydroxylation is 2. The largest absolute Gasteiger partial charge is 0.461 e. The fourth-order valence-corrected chi connectivity index (χ4v) is 4.49. The normalized spacial score (nSPS) is 15.8. The van der Waals surface area contributed by atoms with Crippen molar-refractivity contribution in [3.8, 4) is 0 Å². The fourth-order valence-electron chi connectivity index (χ4n) is 4.49. The number of hydrogen-bond acceptors (Lipinski definition) is 6. The van der Waals surface area contributed by atoms with Crippen LogP contribution >= 0.6 is 0 Å². The second kappa shape index (κ2) is 8.19. The van der Waals surface area contributed by atoms with Gasteiger partial charge in [0.05, 0.1) is 13.1 Å². The molecule has 4 heterocycles. The molecule has 2 aliphatic heterocycles. The van der Waals surface area contributed by atoms with Crippen LogP contribution in [-0.4, -0.2) is 37.9 Å². The number of hydrogen-bond donors (Lipinski definition) is 2. The first-order valence-electron chi connectivity index (χ1n) is 11.4. The predicted molar refractivity (Wildman–Crippen MR) is 128 cm³/mol. The summed E-state index contributed by atoms with van der Waals surface area (Å²) in [6.07, 6.45) is 3.98. The van der Waals surface area contributed by atoms with Crippen LogP contribution in [0.15, 0.2) is 67.4 Å². The molecule has 0 unspecified atom stereocenters. The van der Waals surface area contributed by atoms with Gasteiger partial charge in [-0.2, -0.15) is 0 Å². The molecular weight excluding hydrogens is 400 g/mol. The van der Waals surface area contributed by atoms with Crippen LogP contribution in [0.25, 0.3) is 21.9 Å². The third-order valence-electron chi connectivity index (χ3n) is 6.13. The molecule has 2 N–H and O–H groups in total. The molecule has 0 amide bonds. The molecule has 0 spiro atoms. The van der Waals surface area contributed by atoms with Gasteiger partial charge in [0, 0.05) is 47.8 Å². The zero-order valence-corrected chi connectivity index (χ0v) is 18.0. The van der Waals surface area contributed by atoms with Gasteiger partial charge in [0.15, 0.2) is 0 Å². The highest BCUT2D eigenvalue weighted by Crippen LogP contribution is 2.25. The molecule has 6 rings (SSSR count). The van der Waals surface area contributed by atoms with Gasteiger partial charge in [0.1, 0.15) is 34.4 Å². The van der Waals surface area contributed by atoms with E-state index in [1.807, 2.05) is 0 Å². The number of aliphatic imine (C=N–C) groups is 2. The van der Waals surface area contributed by atoms with Crippen LogP contribution in [0.2, 0.25) is 0 Å².